The molecule has 0 bridgehead atoms. The number of benzene rings is 1. The summed E-state index contributed by atoms with van der Waals surface area (Å²) in [5.41, 5.74) is 2.59. The summed E-state index contributed by atoms with van der Waals surface area (Å²) in [4.78, 5) is 9.23. The second-order valence-corrected chi connectivity index (χ2v) is 5.66. The van der Waals surface area contributed by atoms with Gasteiger partial charge in [0.2, 0.25) is 0 Å². The van der Waals surface area contributed by atoms with Gasteiger partial charge in [-0.25, -0.2) is 14.6 Å². The molecule has 0 saturated carbocycles. The van der Waals surface area contributed by atoms with Crippen molar-refractivity contribution in [2.45, 2.75) is 26.3 Å². The third-order valence-corrected chi connectivity index (χ3v) is 3.49. The average Bonchev–Trinajstić information content (AvgIpc) is 2.96. The smallest absolute Gasteiger partial charge is 0.184 e. The summed E-state index contributed by atoms with van der Waals surface area (Å²) < 4.78 is 1.82. The molecule has 0 saturated heterocycles. The third-order valence-electron chi connectivity index (χ3n) is 3.49. The topological polar surface area (TPSA) is 68.5 Å². The van der Waals surface area contributed by atoms with E-state index in [1.807, 2.05) is 22.9 Å². The molecule has 3 aromatic rings. The fourth-order valence-electron chi connectivity index (χ4n) is 2.29. The Morgan fingerprint density at radius 3 is 2.70 bits per heavy atom. The van der Waals surface area contributed by atoms with Crippen LogP contribution >= 0.6 is 0 Å². The van der Waals surface area contributed by atoms with Gasteiger partial charge in [0.1, 0.15) is 5.82 Å². The van der Waals surface area contributed by atoms with Crippen molar-refractivity contribution in [3.63, 3.8) is 0 Å². The Bertz CT molecular complexity index is 807. The number of hydrogen-bond acceptors (Lipinski definition) is 5. The molecule has 0 aliphatic heterocycles. The Hall–Kier alpha value is -2.76. The molecule has 118 valence electrons. The van der Waals surface area contributed by atoms with E-state index in [0.717, 1.165) is 17.0 Å². The van der Waals surface area contributed by atoms with Gasteiger partial charge in [0.25, 0.3) is 0 Å². The zero-order valence-corrected chi connectivity index (χ0v) is 13.4. The van der Waals surface area contributed by atoms with Crippen molar-refractivity contribution in [3.05, 3.63) is 54.4 Å². The number of fused-ring (bicyclic) bond motifs is 1. The standard InChI is InChI=1S/C17H20N6/c1-4-10-18-16-14-17(20-15(19-16)12(2)3)23(22-21-14)11-13-8-6-5-7-9-13/h4-9,12H,1,10-11H2,2-3H3,(H,18,19,20). The maximum atomic E-state index is 4.66. The van der Waals surface area contributed by atoms with E-state index < -0.39 is 0 Å². The van der Waals surface area contributed by atoms with Gasteiger partial charge in [-0.15, -0.1) is 11.7 Å². The molecule has 2 aromatic heterocycles. The van der Waals surface area contributed by atoms with Crippen molar-refractivity contribution in [3.8, 4) is 0 Å². The summed E-state index contributed by atoms with van der Waals surface area (Å²) in [5.74, 6) is 1.71. The highest BCUT2D eigenvalue weighted by molar-refractivity contribution is 5.82. The Balaban J connectivity index is 2.06. The second kappa shape index (κ2) is 6.56. The first kappa shape index (κ1) is 15.1. The van der Waals surface area contributed by atoms with Gasteiger partial charge in [0, 0.05) is 12.5 Å². The number of anilines is 1. The molecule has 1 aromatic carbocycles. The largest absolute Gasteiger partial charge is 0.365 e. The van der Waals surface area contributed by atoms with Crippen LogP contribution in [0.3, 0.4) is 0 Å². The molecule has 0 atom stereocenters. The minimum Gasteiger partial charge on any atom is -0.365 e. The lowest BCUT2D eigenvalue weighted by Crippen LogP contribution is -2.08. The predicted molar refractivity (Wildman–Crippen MR) is 91.4 cm³/mol. The van der Waals surface area contributed by atoms with Crippen LogP contribution in [0.4, 0.5) is 5.82 Å². The number of rotatable bonds is 6. The van der Waals surface area contributed by atoms with Crippen LogP contribution in [0.15, 0.2) is 43.0 Å². The van der Waals surface area contributed by atoms with Crippen molar-refractivity contribution in [1.82, 2.24) is 25.0 Å². The van der Waals surface area contributed by atoms with Crippen LogP contribution in [-0.2, 0) is 6.54 Å². The highest BCUT2D eigenvalue weighted by atomic mass is 15.4. The molecule has 0 unspecified atom stereocenters. The molecule has 6 nitrogen and oxygen atoms in total. The van der Waals surface area contributed by atoms with Crippen molar-refractivity contribution in [1.29, 1.82) is 0 Å². The summed E-state index contributed by atoms with van der Waals surface area (Å²) in [6.45, 7) is 9.13. The lowest BCUT2D eigenvalue weighted by atomic mass is 10.2. The highest BCUT2D eigenvalue weighted by Gasteiger charge is 2.16. The Labute approximate surface area is 135 Å². The van der Waals surface area contributed by atoms with E-state index in [2.05, 4.69) is 58.2 Å². The predicted octanol–water partition coefficient (Wildman–Crippen LogP) is 2.99. The van der Waals surface area contributed by atoms with Crippen LogP contribution in [-0.4, -0.2) is 31.5 Å². The third kappa shape index (κ3) is 3.21. The van der Waals surface area contributed by atoms with Crippen LogP contribution in [0, 0.1) is 0 Å². The molecule has 1 N–H and O–H groups in total. The fourth-order valence-corrected chi connectivity index (χ4v) is 2.29. The van der Waals surface area contributed by atoms with Crippen LogP contribution in [0.25, 0.3) is 11.2 Å². The first-order chi connectivity index (χ1) is 11.2. The van der Waals surface area contributed by atoms with E-state index in [1.54, 1.807) is 6.08 Å². The lowest BCUT2D eigenvalue weighted by Gasteiger charge is -2.09. The molecule has 3 rings (SSSR count). The zero-order valence-electron chi connectivity index (χ0n) is 13.4. The summed E-state index contributed by atoms with van der Waals surface area (Å²) in [6, 6.07) is 10.2. The Kier molecular flexibility index (Phi) is 4.32. The molecule has 2 heterocycles. The normalized spacial score (nSPS) is 11.1. The Morgan fingerprint density at radius 2 is 2.00 bits per heavy atom. The summed E-state index contributed by atoms with van der Waals surface area (Å²) >= 11 is 0. The van der Waals surface area contributed by atoms with Gasteiger partial charge in [-0.05, 0) is 5.56 Å². The van der Waals surface area contributed by atoms with Gasteiger partial charge >= 0.3 is 0 Å². The first-order valence-corrected chi connectivity index (χ1v) is 7.69. The minimum absolute atomic E-state index is 0.226. The molecular weight excluding hydrogens is 288 g/mol. The van der Waals surface area contributed by atoms with E-state index in [9.17, 15) is 0 Å². The van der Waals surface area contributed by atoms with E-state index in [1.165, 1.54) is 0 Å². The van der Waals surface area contributed by atoms with Gasteiger partial charge in [-0.2, -0.15) is 0 Å². The Morgan fingerprint density at radius 1 is 1.22 bits per heavy atom. The van der Waals surface area contributed by atoms with Crippen molar-refractivity contribution in [2.75, 3.05) is 11.9 Å². The van der Waals surface area contributed by atoms with Crippen LogP contribution in [0.1, 0.15) is 31.2 Å². The van der Waals surface area contributed by atoms with Crippen molar-refractivity contribution >= 4 is 17.0 Å². The summed E-state index contributed by atoms with van der Waals surface area (Å²) in [7, 11) is 0. The quantitative estimate of drug-likeness (QED) is 0.709. The number of aromatic nitrogens is 5. The second-order valence-electron chi connectivity index (χ2n) is 5.66. The molecule has 0 amide bonds. The monoisotopic (exact) mass is 308 g/mol. The van der Waals surface area contributed by atoms with Gasteiger partial charge in [0.05, 0.1) is 6.54 Å². The highest BCUT2D eigenvalue weighted by Crippen LogP contribution is 2.21. The fraction of sp³-hybridized carbons (Fsp3) is 0.294. The summed E-state index contributed by atoms with van der Waals surface area (Å²) in [5, 5.41) is 11.7. The molecule has 0 fully saturated rings. The van der Waals surface area contributed by atoms with Gasteiger partial charge in [-0.3, -0.25) is 0 Å². The molecular formula is C17H20N6. The van der Waals surface area contributed by atoms with Gasteiger partial charge in [0.15, 0.2) is 17.0 Å². The van der Waals surface area contributed by atoms with Crippen LogP contribution in [0.5, 0.6) is 0 Å². The molecule has 23 heavy (non-hydrogen) atoms. The average molecular weight is 308 g/mol. The van der Waals surface area contributed by atoms with Crippen molar-refractivity contribution in [2.24, 2.45) is 0 Å². The molecule has 0 radical (unpaired) electrons. The number of nitrogens with zero attached hydrogens (tertiary/aromatic N) is 5. The van der Waals surface area contributed by atoms with Crippen LogP contribution in [0.2, 0.25) is 0 Å². The van der Waals surface area contributed by atoms with Gasteiger partial charge in [-0.1, -0.05) is 55.5 Å². The molecule has 6 heteroatoms. The van der Waals surface area contributed by atoms with Crippen molar-refractivity contribution < 1.29 is 0 Å². The zero-order chi connectivity index (χ0) is 16.2. The minimum atomic E-state index is 0.226. The SMILES string of the molecule is C=CCNc1nc(C(C)C)nc2c1nnn2Cc1ccccc1. The van der Waals surface area contributed by atoms with Gasteiger partial charge < -0.3 is 5.32 Å². The van der Waals surface area contributed by atoms with E-state index in [4.69, 9.17) is 0 Å². The molecule has 0 aliphatic rings. The number of hydrogen-bond donors (Lipinski definition) is 1. The van der Waals surface area contributed by atoms with E-state index in [-0.39, 0.29) is 5.92 Å². The van der Waals surface area contributed by atoms with E-state index in [0.29, 0.717) is 24.4 Å². The number of nitrogens with one attached hydrogen (secondary N) is 1. The first-order valence-electron chi connectivity index (χ1n) is 7.69. The molecule has 0 spiro atoms. The lowest BCUT2D eigenvalue weighted by molar-refractivity contribution is 0.660. The van der Waals surface area contributed by atoms with Crippen LogP contribution < -0.4 is 5.32 Å². The molecule has 0 aliphatic carbocycles. The maximum absolute atomic E-state index is 4.66. The van der Waals surface area contributed by atoms with E-state index >= 15 is 0 Å². The maximum Gasteiger partial charge on any atom is 0.184 e. The summed E-state index contributed by atoms with van der Waals surface area (Å²) in [6.07, 6.45) is 1.79.